The van der Waals surface area contributed by atoms with Crippen molar-refractivity contribution in [2.75, 3.05) is 7.11 Å². The lowest BCUT2D eigenvalue weighted by Crippen LogP contribution is -2.00. The average Bonchev–Trinajstić information content (AvgIpc) is 2.46. The Morgan fingerprint density at radius 1 is 1.16 bits per heavy atom. The molecule has 0 fully saturated rings. The van der Waals surface area contributed by atoms with E-state index in [9.17, 15) is 0 Å². The molecule has 2 aromatic carbocycles. The molecule has 0 unspecified atom stereocenters. The standard InChI is InChI=1S/C16H16N2O/c1-11-3-5-13(10-18)14(7-11)15-8-12(9-17)4-6-16(15)19-2/h3-8H,10,18H2,1-2H3. The molecule has 0 saturated heterocycles. The molecule has 0 aliphatic heterocycles. The maximum atomic E-state index is 9.04. The number of methoxy groups -OCH3 is 1. The number of nitriles is 1. The van der Waals surface area contributed by atoms with E-state index in [-0.39, 0.29) is 0 Å². The Labute approximate surface area is 113 Å². The number of aryl methyl sites for hydroxylation is 1. The number of nitrogens with two attached hydrogens (primary N) is 1. The van der Waals surface area contributed by atoms with Gasteiger partial charge in [-0.25, -0.2) is 0 Å². The van der Waals surface area contributed by atoms with Gasteiger partial charge in [-0.1, -0.05) is 23.8 Å². The first-order valence-corrected chi connectivity index (χ1v) is 6.07. The molecule has 0 radical (unpaired) electrons. The van der Waals surface area contributed by atoms with Gasteiger partial charge < -0.3 is 10.5 Å². The van der Waals surface area contributed by atoms with E-state index < -0.39 is 0 Å². The largest absolute Gasteiger partial charge is 0.496 e. The van der Waals surface area contributed by atoms with Gasteiger partial charge >= 0.3 is 0 Å². The SMILES string of the molecule is COc1ccc(C#N)cc1-c1cc(C)ccc1CN. The number of hydrogen-bond donors (Lipinski definition) is 1. The van der Waals surface area contributed by atoms with Crippen LogP contribution in [0.2, 0.25) is 0 Å². The molecule has 0 heterocycles. The van der Waals surface area contributed by atoms with E-state index in [4.69, 9.17) is 15.7 Å². The third-order valence-corrected chi connectivity index (χ3v) is 3.10. The number of nitrogens with zero attached hydrogens (tertiary/aromatic N) is 1. The summed E-state index contributed by atoms with van der Waals surface area (Å²) in [6.45, 7) is 2.49. The van der Waals surface area contributed by atoms with Crippen molar-refractivity contribution < 1.29 is 4.74 Å². The van der Waals surface area contributed by atoms with Crippen LogP contribution in [-0.4, -0.2) is 7.11 Å². The summed E-state index contributed by atoms with van der Waals surface area (Å²) in [5, 5.41) is 9.04. The first-order chi connectivity index (χ1) is 9.19. The third-order valence-electron chi connectivity index (χ3n) is 3.10. The minimum absolute atomic E-state index is 0.454. The third kappa shape index (κ3) is 2.59. The Morgan fingerprint density at radius 3 is 2.58 bits per heavy atom. The Hall–Kier alpha value is -2.31. The van der Waals surface area contributed by atoms with Gasteiger partial charge in [0.1, 0.15) is 5.75 Å². The molecule has 0 bridgehead atoms. The minimum Gasteiger partial charge on any atom is -0.496 e. The summed E-state index contributed by atoms with van der Waals surface area (Å²) in [5.74, 6) is 0.749. The van der Waals surface area contributed by atoms with Gasteiger partial charge in [-0.3, -0.25) is 0 Å². The molecule has 0 atom stereocenters. The average molecular weight is 252 g/mol. The van der Waals surface area contributed by atoms with E-state index in [1.807, 2.05) is 31.2 Å². The molecule has 0 aliphatic rings. The van der Waals surface area contributed by atoms with Gasteiger partial charge in [0.15, 0.2) is 0 Å². The summed E-state index contributed by atoms with van der Waals surface area (Å²) in [5.41, 5.74) is 10.5. The van der Waals surface area contributed by atoms with Crippen LogP contribution in [0.5, 0.6) is 5.75 Å². The highest BCUT2D eigenvalue weighted by atomic mass is 16.5. The highest BCUT2D eigenvalue weighted by molar-refractivity contribution is 5.75. The lowest BCUT2D eigenvalue weighted by molar-refractivity contribution is 0.416. The minimum atomic E-state index is 0.454. The molecule has 0 aliphatic carbocycles. The second kappa shape index (κ2) is 5.55. The predicted octanol–water partition coefficient (Wildman–Crippen LogP) is 3.00. The van der Waals surface area contributed by atoms with Crippen molar-refractivity contribution in [1.29, 1.82) is 5.26 Å². The van der Waals surface area contributed by atoms with Gasteiger partial charge in [0, 0.05) is 12.1 Å². The van der Waals surface area contributed by atoms with Crippen LogP contribution < -0.4 is 10.5 Å². The van der Waals surface area contributed by atoms with E-state index in [0.717, 1.165) is 28.0 Å². The molecule has 0 amide bonds. The first-order valence-electron chi connectivity index (χ1n) is 6.07. The quantitative estimate of drug-likeness (QED) is 0.913. The van der Waals surface area contributed by atoms with Crippen LogP contribution in [0.15, 0.2) is 36.4 Å². The van der Waals surface area contributed by atoms with E-state index in [1.165, 1.54) is 0 Å². The molecule has 2 aromatic rings. The van der Waals surface area contributed by atoms with E-state index in [1.54, 1.807) is 13.2 Å². The van der Waals surface area contributed by atoms with Gasteiger partial charge in [-0.15, -0.1) is 0 Å². The maximum absolute atomic E-state index is 9.04. The Kier molecular flexibility index (Phi) is 3.84. The van der Waals surface area contributed by atoms with Gasteiger partial charge in [0.2, 0.25) is 0 Å². The Balaban J connectivity index is 2.70. The highest BCUT2D eigenvalue weighted by Gasteiger charge is 2.11. The summed E-state index contributed by atoms with van der Waals surface area (Å²) in [6, 6.07) is 13.7. The summed E-state index contributed by atoms with van der Waals surface area (Å²) in [4.78, 5) is 0. The second-order valence-electron chi connectivity index (χ2n) is 4.39. The smallest absolute Gasteiger partial charge is 0.126 e. The fourth-order valence-electron chi connectivity index (χ4n) is 2.11. The summed E-state index contributed by atoms with van der Waals surface area (Å²) >= 11 is 0. The maximum Gasteiger partial charge on any atom is 0.126 e. The zero-order valence-corrected chi connectivity index (χ0v) is 11.1. The molecule has 19 heavy (non-hydrogen) atoms. The van der Waals surface area contributed by atoms with Crippen molar-refractivity contribution in [3.05, 3.63) is 53.1 Å². The Bertz CT molecular complexity index is 642. The summed E-state index contributed by atoms with van der Waals surface area (Å²) < 4.78 is 5.39. The monoisotopic (exact) mass is 252 g/mol. The van der Waals surface area contributed by atoms with Crippen molar-refractivity contribution >= 4 is 0 Å². The molecular formula is C16H16N2O. The van der Waals surface area contributed by atoms with Gasteiger partial charge in [0.25, 0.3) is 0 Å². The van der Waals surface area contributed by atoms with Crippen LogP contribution in [0.3, 0.4) is 0 Å². The van der Waals surface area contributed by atoms with Crippen molar-refractivity contribution in [2.24, 2.45) is 5.73 Å². The van der Waals surface area contributed by atoms with Gasteiger partial charge in [-0.2, -0.15) is 5.26 Å². The van der Waals surface area contributed by atoms with Gasteiger partial charge in [-0.05, 0) is 36.2 Å². The van der Waals surface area contributed by atoms with Crippen LogP contribution in [0.25, 0.3) is 11.1 Å². The number of benzene rings is 2. The van der Waals surface area contributed by atoms with Crippen LogP contribution >= 0.6 is 0 Å². The topological polar surface area (TPSA) is 59.0 Å². The molecule has 3 heteroatoms. The lowest BCUT2D eigenvalue weighted by atomic mass is 9.95. The number of ether oxygens (including phenoxy) is 1. The van der Waals surface area contributed by atoms with Crippen molar-refractivity contribution in [2.45, 2.75) is 13.5 Å². The van der Waals surface area contributed by atoms with E-state index in [0.29, 0.717) is 12.1 Å². The van der Waals surface area contributed by atoms with Gasteiger partial charge in [0.05, 0.1) is 18.7 Å². The molecule has 3 nitrogen and oxygen atoms in total. The molecular weight excluding hydrogens is 236 g/mol. The van der Waals surface area contributed by atoms with Crippen LogP contribution in [0, 0.1) is 18.3 Å². The van der Waals surface area contributed by atoms with E-state index >= 15 is 0 Å². The molecule has 96 valence electrons. The van der Waals surface area contributed by atoms with Crippen LogP contribution in [-0.2, 0) is 6.54 Å². The van der Waals surface area contributed by atoms with Crippen molar-refractivity contribution in [3.63, 3.8) is 0 Å². The fraction of sp³-hybridized carbons (Fsp3) is 0.188. The van der Waals surface area contributed by atoms with Crippen molar-refractivity contribution in [1.82, 2.24) is 0 Å². The molecule has 0 saturated carbocycles. The highest BCUT2D eigenvalue weighted by Crippen LogP contribution is 2.33. The zero-order chi connectivity index (χ0) is 13.8. The number of hydrogen-bond acceptors (Lipinski definition) is 3. The number of rotatable bonds is 3. The second-order valence-corrected chi connectivity index (χ2v) is 4.39. The normalized spacial score (nSPS) is 10.0. The zero-order valence-electron chi connectivity index (χ0n) is 11.1. The lowest BCUT2D eigenvalue weighted by Gasteiger charge is -2.13. The summed E-state index contributed by atoms with van der Waals surface area (Å²) in [6.07, 6.45) is 0. The molecule has 2 rings (SSSR count). The summed E-state index contributed by atoms with van der Waals surface area (Å²) in [7, 11) is 1.63. The molecule has 0 spiro atoms. The van der Waals surface area contributed by atoms with E-state index in [2.05, 4.69) is 12.1 Å². The van der Waals surface area contributed by atoms with Crippen molar-refractivity contribution in [3.8, 4) is 22.9 Å². The molecule has 0 aromatic heterocycles. The van der Waals surface area contributed by atoms with Crippen LogP contribution in [0.1, 0.15) is 16.7 Å². The fourth-order valence-corrected chi connectivity index (χ4v) is 2.11. The Morgan fingerprint density at radius 2 is 1.95 bits per heavy atom. The molecule has 2 N–H and O–H groups in total. The predicted molar refractivity (Wildman–Crippen MR) is 75.8 cm³/mol. The first kappa shape index (κ1) is 13.1. The van der Waals surface area contributed by atoms with Crippen LogP contribution in [0.4, 0.5) is 0 Å².